The number of ether oxygens (including phenoxy) is 6. The molecule has 0 aromatic carbocycles. The Kier molecular flexibility index (Phi) is 47.1. The van der Waals surface area contributed by atoms with Crippen molar-refractivity contribution in [2.75, 3.05) is 59.5 Å². The van der Waals surface area contributed by atoms with Gasteiger partial charge in [-0.25, -0.2) is 23.7 Å². The molecule has 6 aliphatic rings. The predicted octanol–water partition coefficient (Wildman–Crippen LogP) is 15.0. The Morgan fingerprint density at radius 2 is 1.16 bits per heavy atom. The second kappa shape index (κ2) is 52.6. The summed E-state index contributed by atoms with van der Waals surface area (Å²) in [6, 6.07) is 10.7. The third kappa shape index (κ3) is 35.6. The zero-order valence-corrected chi connectivity index (χ0v) is 77.0. The van der Waals surface area contributed by atoms with Gasteiger partial charge >= 0.3 is 39.5 Å². The minimum atomic E-state index is -0.523. The number of H-pyrrole nitrogens is 2. The van der Waals surface area contributed by atoms with E-state index in [9.17, 15) is 14.4 Å². The van der Waals surface area contributed by atoms with E-state index in [1.54, 1.807) is 63.7 Å². The van der Waals surface area contributed by atoms with Crippen molar-refractivity contribution in [2.24, 2.45) is 0 Å². The second-order valence-corrected chi connectivity index (χ2v) is 34.9. The molecule has 0 amide bonds. The van der Waals surface area contributed by atoms with E-state index in [-0.39, 0.29) is 117 Å². The summed E-state index contributed by atoms with van der Waals surface area (Å²) >= 11 is 7.34. The highest BCUT2D eigenvalue weighted by atomic mass is 79.9. The lowest BCUT2D eigenvalue weighted by Crippen LogP contribution is -2.43. The minimum absolute atomic E-state index is 0. The third-order valence-electron chi connectivity index (χ3n) is 18.8. The first kappa shape index (κ1) is 105. The number of thiophene rings is 3. The molecule has 2 unspecified atom stereocenters. The molecule has 5 saturated heterocycles. The van der Waals surface area contributed by atoms with Crippen LogP contribution in [0.3, 0.4) is 0 Å². The van der Waals surface area contributed by atoms with Crippen LogP contribution in [0.2, 0.25) is 0 Å². The Labute approximate surface area is 720 Å². The number of allylic oxidation sites excluding steroid dienone is 1. The molecule has 0 aliphatic carbocycles. The lowest BCUT2D eigenvalue weighted by atomic mass is 9.82. The van der Waals surface area contributed by atoms with Crippen LogP contribution in [0.1, 0.15) is 249 Å². The molecule has 35 heteroatoms. The first-order chi connectivity index (χ1) is 54.8. The predicted molar refractivity (Wildman–Crippen MR) is 467 cm³/mol. The molecule has 648 valence electrons. The number of aliphatic hydroxyl groups is 3. The largest absolute Gasteiger partial charge is 0.640 e. The standard InChI is InChI=1S/C15H25BN2O3.C10H17BN2O2.C10H14O3S.C10H10O3S.C9H19BO3.C9H14N2O.C7H7BrO2S.C5H8O.C4H6N2.C3H4O.ClH/c1-11-10-17-18(12-8-6-7-9-19-12)13(11)16-20-14(2,3)15(4,5)21-16;1-7-6-12-13-8(7)11-14-9(2,3)10(4,5)15-11;2*1-2-13-10(12)9-6-5-8(14-9)4-3-7-11;1-7(2)11-10-12-8(3,4)9(5,6)13-10;1-8-6-10-11(7-8)9-4-2-3-5-12-9;1-2-10-7(9)5-3-4-6(8)11-5;1-2-4-6-5-3-1;1-4-2-5-6-3-4;1-2-3-4;/h10,12H,6-9H2,1-5H3;6H,1-5H3,(H,12,13);5-6,11H,2-4,7H2,1H3;5-6,11H,2,7H2,1H3;7H,1-6H3;6-7,9H,2-5H2,1H3;3-4H,2H2,1H3;2,4H,1,3,5H2;2-3H,1H3,(H,5,6);1,4H,3H2;1H. The number of aromatic amines is 2. The summed E-state index contributed by atoms with van der Waals surface area (Å²) in [6.45, 7) is 45.5. The van der Waals surface area contributed by atoms with Crippen LogP contribution in [-0.2, 0) is 67.4 Å². The van der Waals surface area contributed by atoms with E-state index < -0.39 is 7.32 Å². The molecule has 0 spiro atoms. The lowest BCUT2D eigenvalue weighted by molar-refractivity contribution is -0.0395. The van der Waals surface area contributed by atoms with Gasteiger partial charge in [-0.05, 0) is 290 Å². The molecule has 117 heavy (non-hydrogen) atoms. The zero-order valence-electron chi connectivity index (χ0n) is 72.1. The fraction of sp³-hybridized carbons (Fsp3) is 0.598. The van der Waals surface area contributed by atoms with Crippen LogP contribution in [-0.4, -0.2) is 194 Å². The molecule has 0 bridgehead atoms. The highest BCUT2D eigenvalue weighted by Gasteiger charge is 2.55. The van der Waals surface area contributed by atoms with Crippen LogP contribution in [0.25, 0.3) is 0 Å². The van der Waals surface area contributed by atoms with Crippen molar-refractivity contribution in [3.8, 4) is 24.2 Å². The summed E-state index contributed by atoms with van der Waals surface area (Å²) in [5.74, 6) is 6.39. The average molecular weight is 1770 g/mol. The number of hydrogen-bond donors (Lipinski definition) is 5. The maximum atomic E-state index is 11.3. The number of carbonyl (C=O) groups excluding carboxylic acids is 3. The van der Waals surface area contributed by atoms with Crippen LogP contribution < -0.4 is 11.2 Å². The summed E-state index contributed by atoms with van der Waals surface area (Å²) in [5.41, 5.74) is 4.55. The maximum Gasteiger partial charge on any atom is 0.640 e. The number of hydrogen-bond acceptors (Lipinski definition) is 26. The molecule has 7 aromatic heterocycles. The van der Waals surface area contributed by atoms with E-state index in [0.29, 0.717) is 34.5 Å². The Morgan fingerprint density at radius 3 is 1.56 bits per heavy atom. The van der Waals surface area contributed by atoms with E-state index in [1.807, 2.05) is 155 Å². The van der Waals surface area contributed by atoms with Gasteiger partial charge in [-0.2, -0.15) is 20.4 Å². The Bertz CT molecular complexity index is 4050. The number of aliphatic hydroxyl groups excluding tert-OH is 3. The number of halogens is 2. The number of aryl methyl sites for hydroxylation is 5. The Balaban J connectivity index is 0.000000344. The summed E-state index contributed by atoms with van der Waals surface area (Å²) in [4.78, 5) is 37.2. The normalized spacial score (nSPS) is 18.2. The highest BCUT2D eigenvalue weighted by Crippen LogP contribution is 2.40. The number of nitrogens with one attached hydrogen (secondary N) is 2. The first-order valence-electron chi connectivity index (χ1n) is 39.3. The monoisotopic (exact) mass is 1770 g/mol. The molecule has 13 heterocycles. The quantitative estimate of drug-likeness (QED) is 0.0275. The molecular weight excluding hydrogens is 1640 g/mol. The molecule has 27 nitrogen and oxygen atoms in total. The van der Waals surface area contributed by atoms with Crippen LogP contribution in [0.4, 0.5) is 0 Å². The smallest absolute Gasteiger partial charge is 0.502 e. The van der Waals surface area contributed by atoms with Crippen LogP contribution in [0, 0.1) is 51.9 Å². The van der Waals surface area contributed by atoms with E-state index in [0.717, 1.165) is 87.8 Å². The minimum Gasteiger partial charge on any atom is -0.502 e. The van der Waals surface area contributed by atoms with Crippen molar-refractivity contribution < 1.29 is 90.7 Å². The Hall–Kier alpha value is -6.51. The SMILES string of the molecule is C#CCO.C1=COCCC1.CC(C)OB1OC(C)(C)C(C)(C)O1.CCOC(=O)c1ccc(Br)s1.CCOC(=O)c1ccc(C#CCO)s1.CCOC(=O)c1ccc(CCCO)s1.Cc1cn[nH]c1.Cc1cn[nH]c1B1OC(C)(C)C(C)(C)O1.Cc1cnn(C2CCCCO2)c1.Cc1cnn(C2CCCCO2)c1B1OC(C)(C)C(C)(C)O1.Cl. The van der Waals surface area contributed by atoms with Crippen molar-refractivity contribution >= 4 is 113 Å². The van der Waals surface area contributed by atoms with Gasteiger partial charge in [-0.3, -0.25) is 10.2 Å². The summed E-state index contributed by atoms with van der Waals surface area (Å²) in [5, 5.41) is 46.8. The molecule has 5 fully saturated rings. The van der Waals surface area contributed by atoms with Gasteiger partial charge in [0.1, 0.15) is 40.3 Å². The van der Waals surface area contributed by atoms with Crippen molar-refractivity contribution in [3.63, 3.8) is 0 Å². The molecule has 13 rings (SSSR count). The highest BCUT2D eigenvalue weighted by molar-refractivity contribution is 9.11. The maximum absolute atomic E-state index is 11.3. The zero-order chi connectivity index (χ0) is 86.3. The van der Waals surface area contributed by atoms with Crippen molar-refractivity contribution in [3.05, 3.63) is 136 Å². The number of terminal acetylenes is 1. The Morgan fingerprint density at radius 1 is 0.632 bits per heavy atom. The van der Waals surface area contributed by atoms with Crippen molar-refractivity contribution in [2.45, 2.75) is 262 Å². The number of carbonyl (C=O) groups is 3. The first-order valence-corrected chi connectivity index (χ1v) is 42.5. The van der Waals surface area contributed by atoms with Gasteiger partial charge < -0.3 is 76.3 Å². The van der Waals surface area contributed by atoms with Crippen LogP contribution in [0.15, 0.2) is 89.7 Å². The number of esters is 3. The topological polar surface area (TPSA) is 325 Å². The summed E-state index contributed by atoms with van der Waals surface area (Å²) < 4.78 is 76.5. The van der Waals surface area contributed by atoms with Gasteiger partial charge in [0.25, 0.3) is 0 Å². The number of nitrogens with zero attached hydrogens (tertiary/aromatic N) is 6. The molecule has 5 N–H and O–H groups in total. The average Bonchev–Trinajstić information content (AvgIpc) is 1.61. The van der Waals surface area contributed by atoms with E-state index in [1.165, 1.54) is 77.2 Å². The van der Waals surface area contributed by atoms with E-state index in [4.69, 9.17) is 76.3 Å². The van der Waals surface area contributed by atoms with Crippen LogP contribution in [0.5, 0.6) is 0 Å². The van der Waals surface area contributed by atoms with Gasteiger partial charge in [-0.15, -0.1) is 52.8 Å². The van der Waals surface area contributed by atoms with Crippen LogP contribution >= 0.6 is 62.3 Å². The fourth-order valence-corrected chi connectivity index (χ4v) is 13.3. The molecule has 6 aliphatic heterocycles. The molecule has 2 atom stereocenters. The number of aromatic nitrogens is 8. The van der Waals surface area contributed by atoms with Gasteiger partial charge in [-0.1, -0.05) is 17.8 Å². The second-order valence-electron chi connectivity index (χ2n) is 30.2. The summed E-state index contributed by atoms with van der Waals surface area (Å²) in [6.07, 6.45) is 30.6. The van der Waals surface area contributed by atoms with Gasteiger partial charge in [0.15, 0.2) is 0 Å². The summed E-state index contributed by atoms with van der Waals surface area (Å²) in [7, 11) is -1.24. The molecule has 7 aromatic rings. The van der Waals surface area contributed by atoms with Gasteiger partial charge in [0, 0.05) is 43.2 Å². The molecule has 0 saturated carbocycles. The molecule has 0 radical (unpaired) electrons. The fourth-order valence-electron chi connectivity index (χ4n) is 10.3. The van der Waals surface area contributed by atoms with Crippen molar-refractivity contribution in [1.29, 1.82) is 0 Å². The van der Waals surface area contributed by atoms with E-state index >= 15 is 0 Å². The lowest BCUT2D eigenvalue weighted by Gasteiger charge is -2.32. The van der Waals surface area contributed by atoms with E-state index in [2.05, 4.69) is 92.5 Å². The molecular formula is C82H125B3BrClN8O19S3. The van der Waals surface area contributed by atoms with Gasteiger partial charge in [0.2, 0.25) is 0 Å². The third-order valence-corrected chi connectivity index (χ3v) is 22.5. The number of rotatable bonds is 15. The van der Waals surface area contributed by atoms with Crippen molar-refractivity contribution in [1.82, 2.24) is 40.0 Å². The van der Waals surface area contributed by atoms with Gasteiger partial charge in [0.05, 0.1) is 111 Å².